The van der Waals surface area contributed by atoms with Crippen LogP contribution in [0.15, 0.2) is 0 Å². The van der Waals surface area contributed by atoms with Crippen LogP contribution in [0.2, 0.25) is 0 Å². The van der Waals surface area contributed by atoms with E-state index in [1.807, 2.05) is 0 Å². The molecule has 360 valence electrons. The van der Waals surface area contributed by atoms with Crippen LogP contribution >= 0.6 is 0 Å². The zero-order valence-electron chi connectivity index (χ0n) is 33.2. The minimum absolute atomic E-state index is 0.733. The van der Waals surface area contributed by atoms with Gasteiger partial charge in [0.15, 0.2) is 31.5 Å². The topological polar surface area (TPSA) is 445 Å². The fraction of sp³-hybridized carbons (Fsp3) is 0.941. The van der Waals surface area contributed by atoms with E-state index in [0.29, 0.717) is 0 Å². The molecule has 0 bridgehead atoms. The molecule has 5 saturated heterocycles. The van der Waals surface area contributed by atoms with Gasteiger partial charge in [-0.25, -0.2) is 0 Å². The summed E-state index contributed by atoms with van der Waals surface area (Å²) in [5.74, 6) is -1.51. The Morgan fingerprint density at radius 2 is 0.790 bits per heavy atom. The Morgan fingerprint density at radius 1 is 0.419 bits per heavy atom. The normalized spacial score (nSPS) is 49.0. The second-order valence-corrected chi connectivity index (χ2v) is 15.5. The van der Waals surface area contributed by atoms with Gasteiger partial charge in [0.05, 0.1) is 33.0 Å². The molecule has 0 radical (unpaired) electrons. The van der Waals surface area contributed by atoms with Crippen LogP contribution in [0.1, 0.15) is 13.8 Å². The summed E-state index contributed by atoms with van der Waals surface area (Å²) in [6, 6.07) is -3.18. The molecule has 28 nitrogen and oxygen atoms in total. The Hall–Kier alpha value is -2.02. The summed E-state index contributed by atoms with van der Waals surface area (Å²) >= 11 is 0. The number of hydrogen-bond donors (Lipinski definition) is 17. The first-order valence-corrected chi connectivity index (χ1v) is 19.6. The Morgan fingerprint density at radius 3 is 1.21 bits per heavy atom. The number of aliphatic hydroxyl groups excluding tert-OH is 15. The van der Waals surface area contributed by atoms with Crippen molar-refractivity contribution < 1.29 is 129 Å². The van der Waals surface area contributed by atoms with Crippen molar-refractivity contribution >= 4 is 11.8 Å². The monoisotopic (exact) mass is 910 g/mol. The number of nitrogens with one attached hydrogen (secondary N) is 2. The first-order valence-electron chi connectivity index (χ1n) is 19.6. The Bertz CT molecular complexity index is 1440. The van der Waals surface area contributed by atoms with Gasteiger partial charge in [-0.2, -0.15) is 0 Å². The van der Waals surface area contributed by atoms with E-state index in [2.05, 4.69) is 10.6 Å². The highest BCUT2D eigenvalue weighted by Gasteiger charge is 2.55. The first-order chi connectivity index (χ1) is 29.3. The van der Waals surface area contributed by atoms with E-state index < -0.39 is 198 Å². The molecule has 0 aromatic heterocycles. The third-order valence-corrected chi connectivity index (χ3v) is 11.1. The van der Waals surface area contributed by atoms with Crippen LogP contribution in [0, 0.1) is 0 Å². The smallest absolute Gasteiger partial charge is 0.217 e. The number of amides is 2. The lowest BCUT2D eigenvalue weighted by molar-refractivity contribution is -0.372. The van der Waals surface area contributed by atoms with E-state index in [-0.39, 0.29) is 0 Å². The number of rotatable bonds is 15. The highest BCUT2D eigenvalue weighted by molar-refractivity contribution is 5.73. The molecule has 0 spiro atoms. The Balaban J connectivity index is 1.25. The molecular weight excluding hydrogens is 852 g/mol. The quantitative estimate of drug-likeness (QED) is 0.0725. The number of carbonyl (C=O) groups excluding carboxylic acids is 2. The maximum absolute atomic E-state index is 12.2. The summed E-state index contributed by atoms with van der Waals surface area (Å²) in [4.78, 5) is 24.4. The fourth-order valence-electron chi connectivity index (χ4n) is 7.72. The summed E-state index contributed by atoms with van der Waals surface area (Å²) in [6.07, 6.45) is -40.9. The average molecular weight is 911 g/mol. The van der Waals surface area contributed by atoms with Crippen molar-refractivity contribution in [1.82, 2.24) is 10.6 Å². The third kappa shape index (κ3) is 11.0. The molecule has 5 aliphatic heterocycles. The highest BCUT2D eigenvalue weighted by atomic mass is 16.8. The van der Waals surface area contributed by atoms with Crippen LogP contribution in [0.5, 0.6) is 0 Å². The van der Waals surface area contributed by atoms with Gasteiger partial charge >= 0.3 is 0 Å². The molecule has 5 rings (SSSR count). The van der Waals surface area contributed by atoms with Crippen molar-refractivity contribution in [3.63, 3.8) is 0 Å². The predicted molar refractivity (Wildman–Crippen MR) is 190 cm³/mol. The van der Waals surface area contributed by atoms with Gasteiger partial charge in [0.25, 0.3) is 0 Å². The van der Waals surface area contributed by atoms with Crippen molar-refractivity contribution in [2.24, 2.45) is 0 Å². The highest BCUT2D eigenvalue weighted by Crippen LogP contribution is 2.34. The number of ether oxygens (including phenoxy) is 9. The van der Waals surface area contributed by atoms with Crippen molar-refractivity contribution in [2.75, 3.05) is 33.0 Å². The number of hydrogen-bond acceptors (Lipinski definition) is 26. The van der Waals surface area contributed by atoms with Gasteiger partial charge in [-0.3, -0.25) is 9.59 Å². The van der Waals surface area contributed by atoms with E-state index in [4.69, 9.17) is 42.6 Å². The molecule has 0 saturated carbocycles. The summed E-state index contributed by atoms with van der Waals surface area (Å²) in [5, 5.41) is 162. The van der Waals surface area contributed by atoms with Crippen molar-refractivity contribution in [2.45, 2.75) is 167 Å². The third-order valence-electron chi connectivity index (χ3n) is 11.1. The fourth-order valence-corrected chi connectivity index (χ4v) is 7.72. The van der Waals surface area contributed by atoms with Crippen LogP contribution in [-0.2, 0) is 52.2 Å². The molecular formula is C34H58N2O26. The van der Waals surface area contributed by atoms with Crippen molar-refractivity contribution in [1.29, 1.82) is 0 Å². The van der Waals surface area contributed by atoms with Gasteiger partial charge < -0.3 is 130 Å². The van der Waals surface area contributed by atoms with E-state index in [1.165, 1.54) is 0 Å². The summed E-state index contributed by atoms with van der Waals surface area (Å²) in [7, 11) is 0. The lowest BCUT2D eigenvalue weighted by Crippen LogP contribution is -2.69. The van der Waals surface area contributed by atoms with E-state index >= 15 is 0 Å². The lowest BCUT2D eigenvalue weighted by atomic mass is 9.94. The SMILES string of the molecule is CC(=O)N[C@H]1[C@H](OC[C@H]2OC(O)[C@@H](O[C@@H]3O[C@H](CO)[C@@H](O[C@@H]4O[C@H](CO)[C@H](O)[C@H](O)[C@H]4O)[C@H](O)[C@H]3NC(C)=O)[C@@H](O)[C@@H]2O)O[C@H](CO)[C@@H](O[C@@H]2O[C@H](CO)[C@H](O)[C@H](O)[C@H]2O)[C@@H]1O. The largest absolute Gasteiger partial charge is 0.394 e. The predicted octanol–water partition coefficient (Wildman–Crippen LogP) is -11.6. The zero-order valence-corrected chi connectivity index (χ0v) is 33.2. The van der Waals surface area contributed by atoms with Crippen LogP contribution in [0.3, 0.4) is 0 Å². The Labute approximate surface area is 351 Å². The van der Waals surface area contributed by atoms with E-state index in [0.717, 1.165) is 13.8 Å². The molecule has 5 fully saturated rings. The van der Waals surface area contributed by atoms with Crippen LogP contribution in [0.4, 0.5) is 0 Å². The van der Waals surface area contributed by atoms with Gasteiger partial charge in [0.2, 0.25) is 11.8 Å². The maximum Gasteiger partial charge on any atom is 0.217 e. The molecule has 0 aromatic carbocycles. The van der Waals surface area contributed by atoms with E-state index in [1.54, 1.807) is 0 Å². The molecule has 28 heteroatoms. The molecule has 62 heavy (non-hydrogen) atoms. The van der Waals surface area contributed by atoms with Crippen LogP contribution < -0.4 is 10.6 Å². The molecule has 0 aromatic rings. The molecule has 0 aliphatic carbocycles. The van der Waals surface area contributed by atoms with Crippen molar-refractivity contribution in [3.8, 4) is 0 Å². The second-order valence-electron chi connectivity index (χ2n) is 15.5. The molecule has 5 heterocycles. The van der Waals surface area contributed by atoms with Gasteiger partial charge in [0.1, 0.15) is 122 Å². The zero-order chi connectivity index (χ0) is 45.9. The second kappa shape index (κ2) is 22.0. The van der Waals surface area contributed by atoms with Crippen molar-refractivity contribution in [3.05, 3.63) is 0 Å². The van der Waals surface area contributed by atoms with Gasteiger partial charge in [0, 0.05) is 13.8 Å². The van der Waals surface area contributed by atoms with Crippen LogP contribution in [0.25, 0.3) is 0 Å². The number of carbonyl (C=O) groups is 2. The van der Waals surface area contributed by atoms with Gasteiger partial charge in [-0.05, 0) is 0 Å². The first kappa shape index (κ1) is 51.0. The number of aliphatic hydroxyl groups is 15. The summed E-state index contributed by atoms with van der Waals surface area (Å²) in [5.41, 5.74) is 0. The maximum atomic E-state index is 12.2. The molecule has 25 atom stereocenters. The minimum Gasteiger partial charge on any atom is -0.394 e. The molecule has 17 N–H and O–H groups in total. The summed E-state index contributed by atoms with van der Waals surface area (Å²) < 4.78 is 50.3. The molecule has 5 aliphatic rings. The lowest BCUT2D eigenvalue weighted by Gasteiger charge is -2.49. The van der Waals surface area contributed by atoms with Gasteiger partial charge in [-0.15, -0.1) is 0 Å². The van der Waals surface area contributed by atoms with E-state index in [9.17, 15) is 86.2 Å². The Kier molecular flexibility index (Phi) is 18.1. The standard InChI is InChI=1S/C34H58N2O26/c1-8(41)35-15-20(46)27(60-33-25(51)22(48)17(43)10(3-37)56-33)12(5-39)58-31(15)54-7-14-19(45)24(50)29(30(53)55-14)62-32-16(36-9(2)42)21(47)28(13(6-40)59-32)61-34-26(52)23(49)18(44)11(4-38)57-34/h10-34,37-40,43-53H,3-7H2,1-2H3,(H,35,41)(H,36,42)/t10-,11-,12-,13-,14-,15-,16-,17+,18+,19-,20-,21-,22+,23+,24+,25-,26-,27-,28-,29+,30?,31-,32+,33+,34+/m1/s1. The van der Waals surface area contributed by atoms with Gasteiger partial charge in [-0.1, -0.05) is 0 Å². The molecule has 1 unspecified atom stereocenters. The average Bonchev–Trinajstić information content (AvgIpc) is 3.23. The van der Waals surface area contributed by atoms with Crippen LogP contribution in [-0.4, -0.2) is 275 Å². The minimum atomic E-state index is -2.14. The molecule has 2 amide bonds. The summed E-state index contributed by atoms with van der Waals surface area (Å²) in [6.45, 7) is -2.10.